The van der Waals surface area contributed by atoms with Crippen LogP contribution in [0.3, 0.4) is 0 Å². The Morgan fingerprint density at radius 3 is 1.91 bits per heavy atom. The van der Waals surface area contributed by atoms with E-state index < -0.39 is 11.7 Å². The Bertz CT molecular complexity index is 732. The lowest BCUT2D eigenvalue weighted by Crippen LogP contribution is -1.87. The quantitative estimate of drug-likeness (QED) is 0.526. The molecular formula is C20H18F2O. The largest absolute Gasteiger partial charge is 0.497 e. The van der Waals surface area contributed by atoms with E-state index in [1.807, 2.05) is 0 Å². The van der Waals surface area contributed by atoms with Crippen LogP contribution in [0.5, 0.6) is 5.75 Å². The maximum Gasteiger partial charge on any atom is 0.166 e. The molecule has 0 saturated carbocycles. The van der Waals surface area contributed by atoms with Crippen molar-refractivity contribution in [2.75, 3.05) is 7.11 Å². The predicted molar refractivity (Wildman–Crippen MR) is 90.3 cm³/mol. The van der Waals surface area contributed by atoms with Gasteiger partial charge in [0.2, 0.25) is 0 Å². The molecule has 0 aliphatic carbocycles. The lowest BCUT2D eigenvalue weighted by atomic mass is 10.1. The van der Waals surface area contributed by atoms with Gasteiger partial charge < -0.3 is 4.74 Å². The number of ether oxygens (including phenoxy) is 1. The molecule has 0 N–H and O–H groups in total. The minimum absolute atomic E-state index is 0.176. The van der Waals surface area contributed by atoms with Gasteiger partial charge in [-0.2, -0.15) is 0 Å². The maximum atomic E-state index is 14.3. The Labute approximate surface area is 135 Å². The van der Waals surface area contributed by atoms with Crippen molar-refractivity contribution in [3.8, 4) is 17.6 Å². The van der Waals surface area contributed by atoms with E-state index in [-0.39, 0.29) is 11.1 Å². The monoisotopic (exact) mass is 312 g/mol. The van der Waals surface area contributed by atoms with E-state index in [0.717, 1.165) is 18.4 Å². The second kappa shape index (κ2) is 8.14. The van der Waals surface area contributed by atoms with Crippen molar-refractivity contribution >= 4 is 11.7 Å². The fourth-order valence-electron chi connectivity index (χ4n) is 1.98. The van der Waals surface area contributed by atoms with Crippen LogP contribution >= 0.6 is 0 Å². The summed E-state index contributed by atoms with van der Waals surface area (Å²) in [6, 6.07) is 12.6. The third-order valence-corrected chi connectivity index (χ3v) is 3.28. The van der Waals surface area contributed by atoms with Gasteiger partial charge in [-0.15, -0.1) is 0 Å². The SMILES string of the molecule is CCCC#Cc1ccc(/C(F)=C(/F)c2ccc(OC)cc2)cc1. The van der Waals surface area contributed by atoms with Gasteiger partial charge in [0.05, 0.1) is 7.11 Å². The summed E-state index contributed by atoms with van der Waals surface area (Å²) in [5, 5.41) is 0. The van der Waals surface area contributed by atoms with Crippen LogP contribution in [0.2, 0.25) is 0 Å². The first kappa shape index (κ1) is 16.8. The number of halogens is 2. The van der Waals surface area contributed by atoms with Crippen LogP contribution < -0.4 is 4.74 Å². The highest BCUT2D eigenvalue weighted by molar-refractivity contribution is 5.83. The molecule has 0 aliphatic heterocycles. The number of hydrogen-bond donors (Lipinski definition) is 0. The van der Waals surface area contributed by atoms with Crippen LogP contribution in [-0.4, -0.2) is 7.11 Å². The summed E-state index contributed by atoms with van der Waals surface area (Å²) in [4.78, 5) is 0. The summed E-state index contributed by atoms with van der Waals surface area (Å²) in [5.41, 5.74) is 1.16. The molecule has 0 bridgehead atoms. The minimum Gasteiger partial charge on any atom is -0.497 e. The summed E-state index contributed by atoms with van der Waals surface area (Å²) in [5.74, 6) is 4.82. The smallest absolute Gasteiger partial charge is 0.166 e. The lowest BCUT2D eigenvalue weighted by molar-refractivity contribution is 0.414. The maximum absolute atomic E-state index is 14.3. The van der Waals surface area contributed by atoms with Crippen molar-refractivity contribution in [2.45, 2.75) is 19.8 Å². The summed E-state index contributed by atoms with van der Waals surface area (Å²) < 4.78 is 33.5. The molecule has 0 aromatic heterocycles. The molecule has 0 atom stereocenters. The first-order valence-electron chi connectivity index (χ1n) is 7.44. The summed E-state index contributed by atoms with van der Waals surface area (Å²) >= 11 is 0. The Hall–Kier alpha value is -2.60. The number of methoxy groups -OCH3 is 1. The van der Waals surface area contributed by atoms with Crippen molar-refractivity contribution < 1.29 is 13.5 Å². The molecule has 0 unspecified atom stereocenters. The van der Waals surface area contributed by atoms with Gasteiger partial charge in [-0.25, -0.2) is 8.78 Å². The van der Waals surface area contributed by atoms with Crippen molar-refractivity contribution in [1.82, 2.24) is 0 Å². The molecule has 0 spiro atoms. The van der Waals surface area contributed by atoms with Crippen molar-refractivity contribution in [1.29, 1.82) is 0 Å². The average molecular weight is 312 g/mol. The Morgan fingerprint density at radius 1 is 0.913 bits per heavy atom. The first-order chi connectivity index (χ1) is 11.2. The standard InChI is InChI=1S/C20H18F2O/c1-3-4-5-6-15-7-9-16(10-8-15)19(21)20(22)17-11-13-18(23-2)14-12-17/h7-14H,3-4H2,1-2H3/b20-19-. The van der Waals surface area contributed by atoms with Crippen LogP contribution in [-0.2, 0) is 0 Å². The van der Waals surface area contributed by atoms with Crippen LogP contribution in [0, 0.1) is 11.8 Å². The van der Waals surface area contributed by atoms with E-state index in [2.05, 4.69) is 18.8 Å². The molecule has 0 saturated heterocycles. The molecule has 2 aromatic carbocycles. The van der Waals surface area contributed by atoms with Crippen molar-refractivity contribution in [3.63, 3.8) is 0 Å². The topological polar surface area (TPSA) is 9.23 Å². The van der Waals surface area contributed by atoms with Gasteiger partial charge in [-0.05, 0) is 42.8 Å². The van der Waals surface area contributed by atoms with Crippen LogP contribution in [0.1, 0.15) is 36.5 Å². The third-order valence-electron chi connectivity index (χ3n) is 3.28. The number of benzene rings is 2. The van der Waals surface area contributed by atoms with E-state index in [1.165, 1.54) is 31.4 Å². The fourth-order valence-corrected chi connectivity index (χ4v) is 1.98. The summed E-state index contributed by atoms with van der Waals surface area (Å²) in [7, 11) is 1.52. The predicted octanol–water partition coefficient (Wildman–Crippen LogP) is 5.61. The number of rotatable bonds is 4. The van der Waals surface area contributed by atoms with E-state index in [1.54, 1.807) is 24.3 Å². The highest BCUT2D eigenvalue weighted by Gasteiger charge is 2.11. The molecule has 2 rings (SSSR count). The molecule has 2 aromatic rings. The number of unbranched alkanes of at least 4 members (excludes halogenated alkanes) is 1. The zero-order valence-electron chi connectivity index (χ0n) is 13.2. The van der Waals surface area contributed by atoms with Gasteiger partial charge in [-0.1, -0.05) is 30.9 Å². The Morgan fingerprint density at radius 2 is 1.43 bits per heavy atom. The van der Waals surface area contributed by atoms with Crippen LogP contribution in [0.4, 0.5) is 8.78 Å². The van der Waals surface area contributed by atoms with Crippen LogP contribution in [0.25, 0.3) is 11.7 Å². The second-order valence-electron chi connectivity index (χ2n) is 4.99. The van der Waals surface area contributed by atoms with Gasteiger partial charge >= 0.3 is 0 Å². The molecule has 23 heavy (non-hydrogen) atoms. The molecule has 3 heteroatoms. The highest BCUT2D eigenvalue weighted by atomic mass is 19.2. The Balaban J connectivity index is 2.23. The fraction of sp³-hybridized carbons (Fsp3) is 0.200. The van der Waals surface area contributed by atoms with E-state index in [0.29, 0.717) is 5.75 Å². The first-order valence-corrected chi connectivity index (χ1v) is 7.44. The van der Waals surface area contributed by atoms with Gasteiger partial charge in [0, 0.05) is 23.1 Å². The zero-order chi connectivity index (χ0) is 16.7. The molecule has 0 radical (unpaired) electrons. The van der Waals surface area contributed by atoms with Gasteiger partial charge in [0.15, 0.2) is 11.7 Å². The van der Waals surface area contributed by atoms with Gasteiger partial charge in [0.1, 0.15) is 5.75 Å². The van der Waals surface area contributed by atoms with Crippen molar-refractivity contribution in [3.05, 3.63) is 65.2 Å². The minimum atomic E-state index is -0.891. The van der Waals surface area contributed by atoms with E-state index >= 15 is 0 Å². The zero-order valence-corrected chi connectivity index (χ0v) is 13.2. The third kappa shape index (κ3) is 4.43. The van der Waals surface area contributed by atoms with Crippen LogP contribution in [0.15, 0.2) is 48.5 Å². The number of hydrogen-bond acceptors (Lipinski definition) is 1. The molecular weight excluding hydrogens is 294 g/mol. The van der Waals surface area contributed by atoms with E-state index in [9.17, 15) is 8.78 Å². The van der Waals surface area contributed by atoms with Crippen molar-refractivity contribution in [2.24, 2.45) is 0 Å². The molecule has 1 nitrogen and oxygen atoms in total. The molecule has 0 heterocycles. The summed E-state index contributed by atoms with van der Waals surface area (Å²) in [6.07, 6.45) is 1.82. The highest BCUT2D eigenvalue weighted by Crippen LogP contribution is 2.29. The molecule has 0 fully saturated rings. The normalized spacial score (nSPS) is 11.3. The van der Waals surface area contributed by atoms with E-state index in [4.69, 9.17) is 4.74 Å². The lowest BCUT2D eigenvalue weighted by Gasteiger charge is -2.04. The molecule has 0 amide bonds. The average Bonchev–Trinajstić information content (AvgIpc) is 2.61. The summed E-state index contributed by atoms with van der Waals surface area (Å²) in [6.45, 7) is 2.06. The molecule has 118 valence electrons. The van der Waals surface area contributed by atoms with Gasteiger partial charge in [0.25, 0.3) is 0 Å². The molecule has 0 aliphatic rings. The Kier molecular flexibility index (Phi) is 5.94. The second-order valence-corrected chi connectivity index (χ2v) is 4.99. The van der Waals surface area contributed by atoms with Gasteiger partial charge in [-0.3, -0.25) is 0 Å².